The average molecular weight is 379 g/mol. The Bertz CT molecular complexity index is 773. The molecule has 3 rings (SSSR count). The number of nitro benzene ring substituents is 1. The Morgan fingerprint density at radius 1 is 1.27 bits per heavy atom. The van der Waals surface area contributed by atoms with Gasteiger partial charge in [-0.25, -0.2) is 0 Å². The summed E-state index contributed by atoms with van der Waals surface area (Å²) in [6, 6.07) is 8.27. The second-order valence-electron chi connectivity index (χ2n) is 6.01. The molecule has 2 heterocycles. The first-order chi connectivity index (χ1) is 12.5. The standard InChI is InChI=1S/C17H19ClN4O4/c18-13-3-4-15(16(10-13)22(24)25)21-7-5-20(6-8-21)12-17(23)19-11-14-2-1-9-26-14/h1-4,9-10H,5-8,11-12H2,(H,19,23). The van der Waals surface area contributed by atoms with E-state index in [1.54, 1.807) is 30.5 Å². The molecule has 1 aliphatic rings. The van der Waals surface area contributed by atoms with Crippen molar-refractivity contribution in [3.63, 3.8) is 0 Å². The van der Waals surface area contributed by atoms with Gasteiger partial charge in [-0.2, -0.15) is 0 Å². The third kappa shape index (κ3) is 4.53. The molecule has 1 amide bonds. The number of rotatable bonds is 6. The normalized spacial score (nSPS) is 15.0. The molecule has 0 atom stereocenters. The van der Waals surface area contributed by atoms with E-state index in [0.29, 0.717) is 49.2 Å². The molecular formula is C17H19ClN4O4. The molecule has 9 heteroatoms. The van der Waals surface area contributed by atoms with Gasteiger partial charge in [-0.1, -0.05) is 11.6 Å². The van der Waals surface area contributed by atoms with Crippen LogP contribution in [0.1, 0.15) is 5.76 Å². The first-order valence-corrected chi connectivity index (χ1v) is 8.61. The lowest BCUT2D eigenvalue weighted by Gasteiger charge is -2.35. The Balaban J connectivity index is 1.51. The van der Waals surface area contributed by atoms with Gasteiger partial charge in [-0.3, -0.25) is 19.8 Å². The number of carbonyl (C=O) groups excluding carboxylic acids is 1. The molecule has 1 saturated heterocycles. The lowest BCUT2D eigenvalue weighted by molar-refractivity contribution is -0.384. The van der Waals surface area contributed by atoms with Crippen LogP contribution in [0.2, 0.25) is 5.02 Å². The van der Waals surface area contributed by atoms with E-state index in [-0.39, 0.29) is 18.1 Å². The van der Waals surface area contributed by atoms with Crippen LogP contribution in [0.5, 0.6) is 0 Å². The highest BCUT2D eigenvalue weighted by Crippen LogP contribution is 2.31. The number of benzene rings is 1. The van der Waals surface area contributed by atoms with Crippen molar-refractivity contribution in [3.8, 4) is 0 Å². The minimum absolute atomic E-state index is 0.00198. The largest absolute Gasteiger partial charge is 0.467 e. The molecule has 1 aromatic carbocycles. The highest BCUT2D eigenvalue weighted by atomic mass is 35.5. The van der Waals surface area contributed by atoms with Gasteiger partial charge in [-0.15, -0.1) is 0 Å². The molecular weight excluding hydrogens is 360 g/mol. The van der Waals surface area contributed by atoms with Crippen molar-refractivity contribution in [2.24, 2.45) is 0 Å². The van der Waals surface area contributed by atoms with E-state index in [2.05, 4.69) is 5.32 Å². The molecule has 1 N–H and O–H groups in total. The van der Waals surface area contributed by atoms with Gasteiger partial charge in [0.25, 0.3) is 5.69 Å². The predicted molar refractivity (Wildman–Crippen MR) is 97.3 cm³/mol. The van der Waals surface area contributed by atoms with Crippen molar-refractivity contribution in [1.29, 1.82) is 0 Å². The minimum Gasteiger partial charge on any atom is -0.467 e. The summed E-state index contributed by atoms with van der Waals surface area (Å²) >= 11 is 5.86. The summed E-state index contributed by atoms with van der Waals surface area (Å²) in [5.74, 6) is 0.630. The predicted octanol–water partition coefficient (Wildman–Crippen LogP) is 2.28. The lowest BCUT2D eigenvalue weighted by atomic mass is 10.2. The van der Waals surface area contributed by atoms with Crippen molar-refractivity contribution in [2.45, 2.75) is 6.54 Å². The van der Waals surface area contributed by atoms with E-state index in [1.165, 1.54) is 6.07 Å². The molecule has 0 aliphatic carbocycles. The van der Waals surface area contributed by atoms with Crippen LogP contribution >= 0.6 is 11.6 Å². The summed E-state index contributed by atoms with van der Waals surface area (Å²) in [6.07, 6.45) is 1.57. The summed E-state index contributed by atoms with van der Waals surface area (Å²) in [7, 11) is 0. The number of nitrogens with zero attached hydrogens (tertiary/aromatic N) is 3. The van der Waals surface area contributed by atoms with E-state index in [9.17, 15) is 14.9 Å². The van der Waals surface area contributed by atoms with Crippen LogP contribution in [-0.4, -0.2) is 48.5 Å². The molecule has 26 heavy (non-hydrogen) atoms. The number of piperazine rings is 1. The van der Waals surface area contributed by atoms with Gasteiger partial charge in [0.15, 0.2) is 0 Å². The van der Waals surface area contributed by atoms with E-state index in [0.717, 1.165) is 0 Å². The van der Waals surface area contributed by atoms with Crippen LogP contribution in [0.3, 0.4) is 0 Å². The Morgan fingerprint density at radius 3 is 2.69 bits per heavy atom. The van der Waals surface area contributed by atoms with Gasteiger partial charge in [-0.05, 0) is 24.3 Å². The maximum atomic E-state index is 12.0. The smallest absolute Gasteiger partial charge is 0.294 e. The first-order valence-electron chi connectivity index (χ1n) is 8.23. The molecule has 0 saturated carbocycles. The van der Waals surface area contributed by atoms with E-state index < -0.39 is 4.92 Å². The number of furan rings is 1. The summed E-state index contributed by atoms with van der Waals surface area (Å²) in [5.41, 5.74) is 0.559. The fraction of sp³-hybridized carbons (Fsp3) is 0.353. The summed E-state index contributed by atoms with van der Waals surface area (Å²) in [6.45, 7) is 3.16. The Kier molecular flexibility index (Phi) is 5.75. The molecule has 0 bridgehead atoms. The molecule has 0 radical (unpaired) electrons. The third-order valence-electron chi connectivity index (χ3n) is 4.25. The zero-order valence-electron chi connectivity index (χ0n) is 14.1. The van der Waals surface area contributed by atoms with Gasteiger partial charge >= 0.3 is 0 Å². The number of carbonyl (C=O) groups is 1. The van der Waals surface area contributed by atoms with Crippen LogP contribution in [0, 0.1) is 10.1 Å². The second-order valence-corrected chi connectivity index (χ2v) is 6.45. The van der Waals surface area contributed by atoms with E-state index in [4.69, 9.17) is 16.0 Å². The molecule has 0 unspecified atom stereocenters. The van der Waals surface area contributed by atoms with Crippen LogP contribution in [-0.2, 0) is 11.3 Å². The number of nitro groups is 1. The highest BCUT2D eigenvalue weighted by molar-refractivity contribution is 6.30. The highest BCUT2D eigenvalue weighted by Gasteiger charge is 2.24. The molecule has 0 spiro atoms. The fourth-order valence-electron chi connectivity index (χ4n) is 2.91. The van der Waals surface area contributed by atoms with Gasteiger partial charge < -0.3 is 14.6 Å². The fourth-order valence-corrected chi connectivity index (χ4v) is 3.08. The summed E-state index contributed by atoms with van der Waals surface area (Å²) in [5, 5.41) is 14.4. The average Bonchev–Trinajstić information content (AvgIpc) is 3.14. The van der Waals surface area contributed by atoms with Crippen molar-refractivity contribution in [2.75, 3.05) is 37.6 Å². The van der Waals surface area contributed by atoms with Crippen LogP contribution in [0.4, 0.5) is 11.4 Å². The van der Waals surface area contributed by atoms with Crippen LogP contribution < -0.4 is 10.2 Å². The van der Waals surface area contributed by atoms with E-state index >= 15 is 0 Å². The van der Waals surface area contributed by atoms with Crippen molar-refractivity contribution in [1.82, 2.24) is 10.2 Å². The molecule has 8 nitrogen and oxygen atoms in total. The van der Waals surface area contributed by atoms with Gasteiger partial charge in [0.1, 0.15) is 11.4 Å². The molecule has 1 aromatic heterocycles. The zero-order valence-corrected chi connectivity index (χ0v) is 14.8. The maximum Gasteiger partial charge on any atom is 0.294 e. The number of hydrogen-bond donors (Lipinski definition) is 1. The SMILES string of the molecule is O=C(CN1CCN(c2ccc(Cl)cc2[N+](=O)[O-])CC1)NCc1ccco1. The summed E-state index contributed by atoms with van der Waals surface area (Å²) < 4.78 is 5.18. The number of halogens is 1. The Hall–Kier alpha value is -2.58. The van der Waals surface area contributed by atoms with E-state index in [1.807, 2.05) is 9.80 Å². The van der Waals surface area contributed by atoms with Crippen LogP contribution in [0.25, 0.3) is 0 Å². The van der Waals surface area contributed by atoms with Crippen molar-refractivity contribution >= 4 is 28.9 Å². The number of amides is 1. The van der Waals surface area contributed by atoms with Gasteiger partial charge in [0, 0.05) is 37.3 Å². The lowest BCUT2D eigenvalue weighted by Crippen LogP contribution is -2.49. The van der Waals surface area contributed by atoms with Gasteiger partial charge in [0.05, 0.1) is 24.3 Å². The number of nitrogens with one attached hydrogen (secondary N) is 1. The Labute approximate surface area is 155 Å². The van der Waals surface area contributed by atoms with Crippen molar-refractivity contribution in [3.05, 3.63) is 57.5 Å². The topological polar surface area (TPSA) is 91.9 Å². The van der Waals surface area contributed by atoms with Crippen molar-refractivity contribution < 1.29 is 14.1 Å². The molecule has 138 valence electrons. The minimum atomic E-state index is -0.421. The molecule has 2 aromatic rings. The second kappa shape index (κ2) is 8.20. The first kappa shape index (κ1) is 18.2. The number of anilines is 1. The van der Waals surface area contributed by atoms with Crippen LogP contribution in [0.15, 0.2) is 41.0 Å². The number of hydrogen-bond acceptors (Lipinski definition) is 6. The zero-order chi connectivity index (χ0) is 18.5. The molecule has 1 aliphatic heterocycles. The van der Waals surface area contributed by atoms with Gasteiger partial charge in [0.2, 0.25) is 5.91 Å². The molecule has 1 fully saturated rings. The quantitative estimate of drug-likeness (QED) is 0.612. The monoisotopic (exact) mass is 378 g/mol. The summed E-state index contributed by atoms with van der Waals surface area (Å²) in [4.78, 5) is 26.8. The maximum absolute atomic E-state index is 12.0. The third-order valence-corrected chi connectivity index (χ3v) is 4.49. The Morgan fingerprint density at radius 2 is 2.04 bits per heavy atom.